The molecule has 2 N–H and O–H groups in total. The zero-order valence-electron chi connectivity index (χ0n) is 14.8. The molecule has 132 valence electrons. The molecule has 1 aliphatic rings. The molecule has 1 aromatic carbocycles. The lowest BCUT2D eigenvalue weighted by molar-refractivity contribution is -0.118. The number of benzene rings is 1. The maximum atomic E-state index is 12.6. The molecule has 5 heteroatoms. The van der Waals surface area contributed by atoms with Gasteiger partial charge in [-0.1, -0.05) is 37.5 Å². The molecule has 2 rings (SSSR count). The van der Waals surface area contributed by atoms with Crippen LogP contribution in [0, 0.1) is 5.92 Å². The van der Waals surface area contributed by atoms with Crippen molar-refractivity contribution in [3.63, 3.8) is 0 Å². The van der Waals surface area contributed by atoms with Gasteiger partial charge < -0.3 is 15.4 Å². The second kappa shape index (κ2) is 8.18. The fourth-order valence-electron chi connectivity index (χ4n) is 2.65. The number of hydrogen-bond acceptors (Lipinski definition) is 3. The van der Waals surface area contributed by atoms with E-state index in [-0.39, 0.29) is 5.91 Å². The third-order valence-corrected chi connectivity index (χ3v) is 4.14. The van der Waals surface area contributed by atoms with Crippen LogP contribution < -0.4 is 10.6 Å². The van der Waals surface area contributed by atoms with Gasteiger partial charge >= 0.3 is 6.09 Å². The highest BCUT2D eigenvalue weighted by Gasteiger charge is 2.26. The van der Waals surface area contributed by atoms with Crippen LogP contribution in [-0.4, -0.2) is 23.6 Å². The molecular formula is C19H28N2O3. The second-order valence-corrected chi connectivity index (χ2v) is 7.43. The van der Waals surface area contributed by atoms with E-state index in [1.807, 2.05) is 30.3 Å². The lowest BCUT2D eigenvalue weighted by atomic mass is 9.81. The van der Waals surface area contributed by atoms with Crippen molar-refractivity contribution in [3.8, 4) is 0 Å². The van der Waals surface area contributed by atoms with E-state index in [9.17, 15) is 9.59 Å². The lowest BCUT2D eigenvalue weighted by Crippen LogP contribution is -2.46. The number of rotatable bonds is 6. The zero-order valence-corrected chi connectivity index (χ0v) is 14.8. The van der Waals surface area contributed by atoms with Crippen molar-refractivity contribution < 1.29 is 14.3 Å². The molecule has 1 saturated carbocycles. The number of carbonyl (C=O) groups is 2. The van der Waals surface area contributed by atoms with Gasteiger partial charge in [0, 0.05) is 5.69 Å². The molecule has 0 aliphatic heterocycles. The number of carbonyl (C=O) groups excluding carboxylic acids is 2. The number of hydrogen-bond donors (Lipinski definition) is 2. The molecule has 1 fully saturated rings. The van der Waals surface area contributed by atoms with Gasteiger partial charge in [0.25, 0.3) is 0 Å². The molecule has 0 spiro atoms. The third kappa shape index (κ3) is 6.22. The highest BCUT2D eigenvalue weighted by molar-refractivity contribution is 5.96. The number of anilines is 1. The molecule has 1 aromatic rings. The lowest BCUT2D eigenvalue weighted by Gasteiger charge is -2.28. The van der Waals surface area contributed by atoms with E-state index in [2.05, 4.69) is 10.6 Å². The molecule has 5 nitrogen and oxygen atoms in total. The van der Waals surface area contributed by atoms with Crippen molar-refractivity contribution in [2.45, 2.75) is 64.5 Å². The number of amides is 2. The Morgan fingerprint density at radius 3 is 2.42 bits per heavy atom. The molecule has 0 heterocycles. The summed E-state index contributed by atoms with van der Waals surface area (Å²) >= 11 is 0. The van der Waals surface area contributed by atoms with Gasteiger partial charge in [-0.15, -0.1) is 0 Å². The maximum Gasteiger partial charge on any atom is 0.408 e. The summed E-state index contributed by atoms with van der Waals surface area (Å²) in [6, 6.07) is 8.69. The quantitative estimate of drug-likeness (QED) is 0.824. The normalized spacial score (nSPS) is 16.0. The Kier molecular flexibility index (Phi) is 6.23. The summed E-state index contributed by atoms with van der Waals surface area (Å²) in [6.45, 7) is 5.42. The number of nitrogens with one attached hydrogen (secondary N) is 2. The minimum Gasteiger partial charge on any atom is -0.444 e. The second-order valence-electron chi connectivity index (χ2n) is 7.43. The summed E-state index contributed by atoms with van der Waals surface area (Å²) in [7, 11) is 0. The number of alkyl carbamates (subject to hydrolysis) is 1. The van der Waals surface area contributed by atoms with Gasteiger partial charge in [-0.3, -0.25) is 4.79 Å². The van der Waals surface area contributed by atoms with E-state index in [1.54, 1.807) is 20.8 Å². The summed E-state index contributed by atoms with van der Waals surface area (Å²) in [5.74, 6) is 0.476. The van der Waals surface area contributed by atoms with Crippen molar-refractivity contribution in [1.29, 1.82) is 0 Å². The summed E-state index contributed by atoms with van der Waals surface area (Å²) in [5, 5.41) is 5.58. The number of ether oxygens (including phenoxy) is 1. The average Bonchev–Trinajstić information content (AvgIpc) is 2.43. The first kappa shape index (κ1) is 18.3. The Morgan fingerprint density at radius 1 is 1.21 bits per heavy atom. The third-order valence-electron chi connectivity index (χ3n) is 4.14. The molecular weight excluding hydrogens is 304 g/mol. The Bertz CT molecular complexity index is 547. The van der Waals surface area contributed by atoms with Gasteiger partial charge in [0.15, 0.2) is 0 Å². The van der Waals surface area contributed by atoms with Crippen molar-refractivity contribution >= 4 is 17.7 Å². The summed E-state index contributed by atoms with van der Waals surface area (Å²) in [5.41, 5.74) is 0.139. The molecule has 1 unspecified atom stereocenters. The van der Waals surface area contributed by atoms with Gasteiger partial charge in [0.2, 0.25) is 5.91 Å². The first-order chi connectivity index (χ1) is 11.3. The highest BCUT2D eigenvalue weighted by Crippen LogP contribution is 2.31. The van der Waals surface area contributed by atoms with E-state index in [4.69, 9.17) is 4.74 Å². The molecule has 1 atom stereocenters. The van der Waals surface area contributed by atoms with Crippen molar-refractivity contribution in [1.82, 2.24) is 5.32 Å². The van der Waals surface area contributed by atoms with Crippen LogP contribution in [0.5, 0.6) is 0 Å². The predicted octanol–water partition coefficient (Wildman–Crippen LogP) is 4.10. The van der Waals surface area contributed by atoms with Crippen molar-refractivity contribution in [2.24, 2.45) is 5.92 Å². The highest BCUT2D eigenvalue weighted by atomic mass is 16.6. The van der Waals surface area contributed by atoms with E-state index < -0.39 is 17.7 Å². The van der Waals surface area contributed by atoms with Crippen LogP contribution in [0.3, 0.4) is 0 Å². The molecule has 24 heavy (non-hydrogen) atoms. The molecule has 0 saturated heterocycles. The Morgan fingerprint density at radius 2 is 1.88 bits per heavy atom. The van der Waals surface area contributed by atoms with E-state index in [0.29, 0.717) is 12.3 Å². The SMILES string of the molecule is CC(C)(C)OC(=O)NC(CCC1CCC1)C(=O)Nc1ccccc1. The van der Waals surface area contributed by atoms with E-state index in [1.165, 1.54) is 19.3 Å². The standard InChI is InChI=1S/C19H28N2O3/c1-19(2,3)24-18(23)21-16(13-12-14-8-7-9-14)17(22)20-15-10-5-4-6-11-15/h4-6,10-11,14,16H,7-9,12-13H2,1-3H3,(H,20,22)(H,21,23). The van der Waals surface area contributed by atoms with Gasteiger partial charge in [0.1, 0.15) is 11.6 Å². The van der Waals surface area contributed by atoms with Gasteiger partial charge in [-0.25, -0.2) is 4.79 Å². The molecule has 0 aromatic heterocycles. The van der Waals surface area contributed by atoms with Gasteiger partial charge in [-0.05, 0) is 51.7 Å². The zero-order chi connectivity index (χ0) is 17.6. The van der Waals surface area contributed by atoms with E-state index in [0.717, 1.165) is 12.1 Å². The van der Waals surface area contributed by atoms with Crippen LogP contribution in [-0.2, 0) is 9.53 Å². The average molecular weight is 332 g/mol. The summed E-state index contributed by atoms with van der Waals surface area (Å²) < 4.78 is 5.29. The Balaban J connectivity index is 1.95. The van der Waals surface area contributed by atoms with Crippen molar-refractivity contribution in [3.05, 3.63) is 30.3 Å². The summed E-state index contributed by atoms with van der Waals surface area (Å²) in [6.07, 6.45) is 4.74. The van der Waals surface area contributed by atoms with E-state index >= 15 is 0 Å². The fourth-order valence-corrected chi connectivity index (χ4v) is 2.65. The van der Waals surface area contributed by atoms with Gasteiger partial charge in [-0.2, -0.15) is 0 Å². The first-order valence-electron chi connectivity index (χ1n) is 8.69. The minimum absolute atomic E-state index is 0.202. The van der Waals surface area contributed by atoms with Gasteiger partial charge in [0.05, 0.1) is 0 Å². The topological polar surface area (TPSA) is 67.4 Å². The van der Waals surface area contributed by atoms with Crippen molar-refractivity contribution in [2.75, 3.05) is 5.32 Å². The Labute approximate surface area is 144 Å². The van der Waals surface area contributed by atoms with Crippen LogP contribution in [0.4, 0.5) is 10.5 Å². The predicted molar refractivity (Wildman–Crippen MR) is 94.8 cm³/mol. The first-order valence-corrected chi connectivity index (χ1v) is 8.69. The Hall–Kier alpha value is -2.04. The molecule has 0 bridgehead atoms. The fraction of sp³-hybridized carbons (Fsp3) is 0.579. The molecule has 2 amide bonds. The van der Waals surface area contributed by atoms with Crippen LogP contribution in [0.2, 0.25) is 0 Å². The van der Waals surface area contributed by atoms with Crippen LogP contribution in [0.1, 0.15) is 52.9 Å². The smallest absolute Gasteiger partial charge is 0.408 e. The van der Waals surface area contributed by atoms with Crippen LogP contribution in [0.15, 0.2) is 30.3 Å². The molecule has 1 aliphatic carbocycles. The van der Waals surface area contributed by atoms with Crippen LogP contribution in [0.25, 0.3) is 0 Å². The largest absolute Gasteiger partial charge is 0.444 e. The summed E-state index contributed by atoms with van der Waals surface area (Å²) in [4.78, 5) is 24.6. The minimum atomic E-state index is -0.585. The molecule has 0 radical (unpaired) electrons. The monoisotopic (exact) mass is 332 g/mol. The van der Waals surface area contributed by atoms with Crippen LogP contribution >= 0.6 is 0 Å². The maximum absolute atomic E-state index is 12.6. The number of para-hydroxylation sites is 1.